The van der Waals surface area contributed by atoms with Gasteiger partial charge in [0.25, 0.3) is 0 Å². The smallest absolute Gasteiger partial charge is 0.118 e. The van der Waals surface area contributed by atoms with E-state index >= 15 is 0 Å². The third kappa shape index (κ3) is 1.81. The fourth-order valence-corrected chi connectivity index (χ4v) is 1.53. The number of hydrogen-bond donors (Lipinski definition) is 1. The minimum atomic E-state index is 0.324. The molecule has 0 amide bonds. The molecule has 0 unspecified atom stereocenters. The second-order valence-electron chi connectivity index (χ2n) is 3.55. The quantitative estimate of drug-likeness (QED) is 0.769. The Hall–Kier alpha value is -1.90. The first-order valence-corrected chi connectivity index (χ1v) is 4.75. The van der Waals surface area contributed by atoms with Crippen LogP contribution in [0.1, 0.15) is 11.1 Å². The zero-order valence-corrected chi connectivity index (χ0v) is 8.73. The van der Waals surface area contributed by atoms with Gasteiger partial charge in [0.15, 0.2) is 0 Å². The van der Waals surface area contributed by atoms with Gasteiger partial charge in [-0.15, -0.1) is 0 Å². The Bertz CT molecular complexity index is 480. The molecule has 1 aromatic heterocycles. The average molecular weight is 200 g/mol. The highest BCUT2D eigenvalue weighted by Crippen LogP contribution is 2.27. The molecule has 0 atom stereocenters. The molecule has 0 aliphatic heterocycles. The first-order chi connectivity index (χ1) is 7.18. The number of aromatic hydroxyl groups is 1. The van der Waals surface area contributed by atoms with Gasteiger partial charge in [-0.1, -0.05) is 0 Å². The summed E-state index contributed by atoms with van der Waals surface area (Å²) in [5.74, 6) is 0.324. The van der Waals surface area contributed by atoms with E-state index < -0.39 is 0 Å². The highest BCUT2D eigenvalue weighted by Gasteiger charge is 2.06. The van der Waals surface area contributed by atoms with Gasteiger partial charge in [0.2, 0.25) is 0 Å². The van der Waals surface area contributed by atoms with E-state index in [4.69, 9.17) is 0 Å². The van der Waals surface area contributed by atoms with Gasteiger partial charge in [-0.25, -0.2) is 9.97 Å². The number of benzene rings is 1. The van der Waals surface area contributed by atoms with Crippen LogP contribution in [0.25, 0.3) is 11.3 Å². The van der Waals surface area contributed by atoms with Crippen LogP contribution in [-0.4, -0.2) is 15.1 Å². The van der Waals surface area contributed by atoms with E-state index in [0.29, 0.717) is 5.75 Å². The normalized spacial score (nSPS) is 10.3. The molecule has 1 N–H and O–H groups in total. The Morgan fingerprint density at radius 1 is 1.13 bits per heavy atom. The van der Waals surface area contributed by atoms with Gasteiger partial charge in [-0.3, -0.25) is 0 Å². The van der Waals surface area contributed by atoms with Crippen LogP contribution in [0.5, 0.6) is 5.75 Å². The molecule has 76 valence electrons. The molecule has 0 saturated carbocycles. The van der Waals surface area contributed by atoms with Crippen molar-refractivity contribution >= 4 is 0 Å². The highest BCUT2D eigenvalue weighted by atomic mass is 16.3. The number of phenolic OH excluding ortho intramolecular Hbond substituents is 1. The third-order valence-corrected chi connectivity index (χ3v) is 2.40. The van der Waals surface area contributed by atoms with Crippen molar-refractivity contribution in [2.45, 2.75) is 13.8 Å². The van der Waals surface area contributed by atoms with Crippen molar-refractivity contribution in [3.8, 4) is 17.0 Å². The van der Waals surface area contributed by atoms with Crippen LogP contribution in [-0.2, 0) is 0 Å². The van der Waals surface area contributed by atoms with Gasteiger partial charge in [0.05, 0.1) is 5.69 Å². The summed E-state index contributed by atoms with van der Waals surface area (Å²) < 4.78 is 0. The van der Waals surface area contributed by atoms with Gasteiger partial charge in [0, 0.05) is 11.8 Å². The lowest BCUT2D eigenvalue weighted by atomic mass is 10.0. The van der Waals surface area contributed by atoms with E-state index in [9.17, 15) is 5.11 Å². The van der Waals surface area contributed by atoms with Crippen molar-refractivity contribution in [2.24, 2.45) is 0 Å². The largest absolute Gasteiger partial charge is 0.508 e. The van der Waals surface area contributed by atoms with Gasteiger partial charge < -0.3 is 5.11 Å². The van der Waals surface area contributed by atoms with Gasteiger partial charge in [0.1, 0.15) is 12.1 Å². The number of aryl methyl sites for hydroxylation is 2. The SMILES string of the molecule is Cc1cc(-c2ccncn2)c(C)cc1O. The summed E-state index contributed by atoms with van der Waals surface area (Å²) in [7, 11) is 0. The maximum atomic E-state index is 9.54. The first-order valence-electron chi connectivity index (χ1n) is 4.75. The van der Waals surface area contributed by atoms with E-state index in [1.165, 1.54) is 6.33 Å². The predicted octanol–water partition coefficient (Wildman–Crippen LogP) is 2.47. The van der Waals surface area contributed by atoms with Crippen molar-refractivity contribution in [1.82, 2.24) is 9.97 Å². The molecular weight excluding hydrogens is 188 g/mol. The van der Waals surface area contributed by atoms with Crippen LogP contribution in [0.4, 0.5) is 0 Å². The number of nitrogens with zero attached hydrogens (tertiary/aromatic N) is 2. The third-order valence-electron chi connectivity index (χ3n) is 2.40. The Kier molecular flexibility index (Phi) is 2.37. The molecule has 0 aliphatic carbocycles. The predicted molar refractivity (Wildman–Crippen MR) is 58.6 cm³/mol. The second-order valence-corrected chi connectivity index (χ2v) is 3.55. The lowest BCUT2D eigenvalue weighted by Gasteiger charge is -2.07. The lowest BCUT2D eigenvalue weighted by Crippen LogP contribution is -1.89. The van der Waals surface area contributed by atoms with Crippen molar-refractivity contribution < 1.29 is 5.11 Å². The molecular formula is C12H12N2O. The summed E-state index contributed by atoms with van der Waals surface area (Å²) in [6, 6.07) is 5.55. The van der Waals surface area contributed by atoms with Crippen LogP contribution in [0.15, 0.2) is 30.7 Å². The zero-order chi connectivity index (χ0) is 10.8. The summed E-state index contributed by atoms with van der Waals surface area (Å²) in [5, 5.41) is 9.54. The molecule has 1 aromatic carbocycles. The van der Waals surface area contributed by atoms with E-state index in [2.05, 4.69) is 9.97 Å². The molecule has 2 rings (SSSR count). The second kappa shape index (κ2) is 3.69. The van der Waals surface area contributed by atoms with Crippen LogP contribution in [0.3, 0.4) is 0 Å². The van der Waals surface area contributed by atoms with Crippen LogP contribution in [0, 0.1) is 13.8 Å². The fourth-order valence-electron chi connectivity index (χ4n) is 1.53. The van der Waals surface area contributed by atoms with E-state index in [1.54, 1.807) is 12.3 Å². The standard InChI is InChI=1S/C12H12N2O/c1-8-6-12(15)9(2)5-10(8)11-3-4-13-7-14-11/h3-7,15H,1-2H3. The molecule has 0 saturated heterocycles. The molecule has 3 nitrogen and oxygen atoms in total. The summed E-state index contributed by atoms with van der Waals surface area (Å²) in [6.07, 6.45) is 3.24. The average Bonchev–Trinajstić information content (AvgIpc) is 2.25. The van der Waals surface area contributed by atoms with Crippen LogP contribution >= 0.6 is 0 Å². The first kappa shape index (κ1) is 9.65. The monoisotopic (exact) mass is 200 g/mol. The summed E-state index contributed by atoms with van der Waals surface area (Å²) in [6.45, 7) is 3.83. The number of rotatable bonds is 1. The van der Waals surface area contributed by atoms with Crippen LogP contribution < -0.4 is 0 Å². The molecule has 0 radical (unpaired) electrons. The molecule has 15 heavy (non-hydrogen) atoms. The van der Waals surface area contributed by atoms with Gasteiger partial charge >= 0.3 is 0 Å². The fraction of sp³-hybridized carbons (Fsp3) is 0.167. The Balaban J connectivity index is 2.59. The molecule has 0 spiro atoms. The molecule has 3 heteroatoms. The van der Waals surface area contributed by atoms with E-state index in [0.717, 1.165) is 22.4 Å². The van der Waals surface area contributed by atoms with E-state index in [1.807, 2.05) is 26.0 Å². The molecule has 0 bridgehead atoms. The minimum absolute atomic E-state index is 0.324. The highest BCUT2D eigenvalue weighted by molar-refractivity contribution is 5.65. The molecule has 0 aliphatic rings. The van der Waals surface area contributed by atoms with Crippen molar-refractivity contribution in [3.05, 3.63) is 41.9 Å². The van der Waals surface area contributed by atoms with E-state index in [-0.39, 0.29) is 0 Å². The Labute approximate surface area is 88.5 Å². The summed E-state index contributed by atoms with van der Waals surface area (Å²) in [5.41, 5.74) is 3.78. The molecule has 0 fully saturated rings. The summed E-state index contributed by atoms with van der Waals surface area (Å²) >= 11 is 0. The lowest BCUT2D eigenvalue weighted by molar-refractivity contribution is 0.471. The minimum Gasteiger partial charge on any atom is -0.508 e. The van der Waals surface area contributed by atoms with Crippen molar-refractivity contribution in [2.75, 3.05) is 0 Å². The molecule has 2 aromatic rings. The maximum absolute atomic E-state index is 9.54. The maximum Gasteiger partial charge on any atom is 0.118 e. The van der Waals surface area contributed by atoms with Gasteiger partial charge in [-0.2, -0.15) is 0 Å². The summed E-state index contributed by atoms with van der Waals surface area (Å²) in [4.78, 5) is 8.07. The van der Waals surface area contributed by atoms with Gasteiger partial charge in [-0.05, 0) is 43.2 Å². The van der Waals surface area contributed by atoms with Crippen molar-refractivity contribution in [1.29, 1.82) is 0 Å². The van der Waals surface area contributed by atoms with Crippen molar-refractivity contribution in [3.63, 3.8) is 0 Å². The Morgan fingerprint density at radius 3 is 2.60 bits per heavy atom. The zero-order valence-electron chi connectivity index (χ0n) is 8.73. The number of aromatic nitrogens is 2. The van der Waals surface area contributed by atoms with Crippen LogP contribution in [0.2, 0.25) is 0 Å². The molecule has 1 heterocycles. The number of hydrogen-bond acceptors (Lipinski definition) is 3. The Morgan fingerprint density at radius 2 is 1.93 bits per heavy atom. The topological polar surface area (TPSA) is 46.0 Å². The number of phenols is 1.